The predicted molar refractivity (Wildman–Crippen MR) is 72.3 cm³/mol. The first kappa shape index (κ1) is 15.1. The van der Waals surface area contributed by atoms with E-state index < -0.39 is 0 Å². The van der Waals surface area contributed by atoms with Crippen LogP contribution in [-0.4, -0.2) is 39.4 Å². The van der Waals surface area contributed by atoms with Crippen LogP contribution in [0.15, 0.2) is 24.3 Å². The maximum Gasteiger partial charge on any atom is 0.126 e. The zero-order chi connectivity index (χ0) is 13.2. The molecule has 1 aromatic carbocycles. The summed E-state index contributed by atoms with van der Waals surface area (Å²) in [6, 6.07) is 7.29. The van der Waals surface area contributed by atoms with E-state index in [1.165, 1.54) is 6.07 Å². The van der Waals surface area contributed by atoms with Gasteiger partial charge in [-0.15, -0.1) is 0 Å². The summed E-state index contributed by atoms with van der Waals surface area (Å²) < 4.78 is 18.3. The Balaban J connectivity index is 2.12. The van der Waals surface area contributed by atoms with Crippen LogP contribution in [0.2, 0.25) is 0 Å². The molecule has 0 saturated heterocycles. The van der Waals surface area contributed by atoms with Crippen molar-refractivity contribution in [2.45, 2.75) is 19.4 Å². The summed E-state index contributed by atoms with van der Waals surface area (Å²) in [5.41, 5.74) is 0.768. The zero-order valence-electron chi connectivity index (χ0n) is 11.2. The van der Waals surface area contributed by atoms with E-state index in [0.717, 1.165) is 38.2 Å². The first-order valence-corrected chi connectivity index (χ1v) is 6.40. The number of nitrogens with one attached hydrogen (secondary N) is 2. The highest BCUT2D eigenvalue weighted by atomic mass is 19.1. The molecule has 1 aromatic rings. The van der Waals surface area contributed by atoms with Crippen molar-refractivity contribution in [2.75, 3.05) is 33.4 Å². The van der Waals surface area contributed by atoms with E-state index in [1.807, 2.05) is 12.1 Å². The van der Waals surface area contributed by atoms with E-state index in [0.29, 0.717) is 6.04 Å². The lowest BCUT2D eigenvalue weighted by atomic mass is 10.1. The molecule has 0 aliphatic carbocycles. The second kappa shape index (κ2) is 9.03. The second-order valence-electron chi connectivity index (χ2n) is 4.39. The van der Waals surface area contributed by atoms with Crippen LogP contribution in [0.5, 0.6) is 0 Å². The first-order valence-electron chi connectivity index (χ1n) is 6.40. The van der Waals surface area contributed by atoms with Crippen molar-refractivity contribution in [3.05, 3.63) is 35.6 Å². The molecule has 0 fully saturated rings. The molecule has 18 heavy (non-hydrogen) atoms. The average Bonchev–Trinajstić information content (AvgIpc) is 2.37. The monoisotopic (exact) mass is 254 g/mol. The van der Waals surface area contributed by atoms with Crippen LogP contribution in [0.25, 0.3) is 0 Å². The van der Waals surface area contributed by atoms with Gasteiger partial charge in [0.15, 0.2) is 0 Å². The molecule has 0 heterocycles. The summed E-state index contributed by atoms with van der Waals surface area (Å²) in [6.45, 7) is 5.37. The number of methoxy groups -OCH3 is 1. The van der Waals surface area contributed by atoms with Crippen LogP contribution < -0.4 is 10.6 Å². The minimum Gasteiger partial charge on any atom is -0.383 e. The third-order valence-electron chi connectivity index (χ3n) is 2.78. The highest BCUT2D eigenvalue weighted by molar-refractivity contribution is 5.17. The van der Waals surface area contributed by atoms with Crippen molar-refractivity contribution in [3.8, 4) is 0 Å². The number of benzene rings is 1. The number of hydrogen-bond donors (Lipinski definition) is 2. The van der Waals surface area contributed by atoms with Gasteiger partial charge < -0.3 is 15.4 Å². The van der Waals surface area contributed by atoms with Crippen molar-refractivity contribution in [2.24, 2.45) is 0 Å². The van der Waals surface area contributed by atoms with E-state index >= 15 is 0 Å². The number of ether oxygens (including phenoxy) is 1. The molecule has 0 aliphatic rings. The summed E-state index contributed by atoms with van der Waals surface area (Å²) >= 11 is 0. The Hall–Kier alpha value is -0.970. The molecule has 1 rings (SSSR count). The summed E-state index contributed by atoms with van der Waals surface area (Å²) in [7, 11) is 1.69. The van der Waals surface area contributed by atoms with E-state index in [4.69, 9.17) is 4.74 Å². The van der Waals surface area contributed by atoms with E-state index in [9.17, 15) is 4.39 Å². The maximum absolute atomic E-state index is 13.3. The summed E-state index contributed by atoms with van der Waals surface area (Å²) in [5.74, 6) is -0.120. The average molecular weight is 254 g/mol. The molecule has 4 heteroatoms. The first-order chi connectivity index (χ1) is 8.74. The Morgan fingerprint density at radius 2 is 2.06 bits per heavy atom. The second-order valence-corrected chi connectivity index (χ2v) is 4.39. The lowest BCUT2D eigenvalue weighted by molar-refractivity contribution is 0.198. The fourth-order valence-electron chi connectivity index (χ4n) is 1.72. The molecule has 0 spiro atoms. The Labute approximate surface area is 109 Å². The number of rotatable bonds is 9. The van der Waals surface area contributed by atoms with Gasteiger partial charge in [-0.2, -0.15) is 0 Å². The lowest BCUT2D eigenvalue weighted by Gasteiger charge is -2.14. The fraction of sp³-hybridized carbons (Fsp3) is 0.571. The molecule has 0 saturated carbocycles. The maximum atomic E-state index is 13.3. The van der Waals surface area contributed by atoms with Crippen LogP contribution in [-0.2, 0) is 11.2 Å². The SMILES string of the molecule is COCCNCC(C)NCCc1ccccc1F. The molecule has 0 radical (unpaired) electrons. The van der Waals surface area contributed by atoms with Gasteiger partial charge in [0.1, 0.15) is 5.82 Å². The van der Waals surface area contributed by atoms with Gasteiger partial charge >= 0.3 is 0 Å². The standard InChI is InChI=1S/C14H23FN2O/c1-12(11-16-9-10-18-2)17-8-7-13-5-3-4-6-14(13)15/h3-6,12,16-17H,7-11H2,1-2H3. The Bertz CT molecular complexity index is 333. The van der Waals surface area contributed by atoms with Crippen LogP contribution in [0.4, 0.5) is 4.39 Å². The number of halogens is 1. The minimum atomic E-state index is -0.120. The summed E-state index contributed by atoms with van der Waals surface area (Å²) in [5, 5.41) is 6.65. The summed E-state index contributed by atoms with van der Waals surface area (Å²) in [4.78, 5) is 0. The van der Waals surface area contributed by atoms with Crippen molar-refractivity contribution in [3.63, 3.8) is 0 Å². The van der Waals surface area contributed by atoms with E-state index in [1.54, 1.807) is 13.2 Å². The molecule has 102 valence electrons. The third-order valence-corrected chi connectivity index (χ3v) is 2.78. The molecule has 0 aliphatic heterocycles. The van der Waals surface area contributed by atoms with E-state index in [2.05, 4.69) is 17.6 Å². The fourth-order valence-corrected chi connectivity index (χ4v) is 1.72. The number of hydrogen-bond acceptors (Lipinski definition) is 3. The Morgan fingerprint density at radius 1 is 1.28 bits per heavy atom. The van der Waals surface area contributed by atoms with Crippen molar-refractivity contribution in [1.82, 2.24) is 10.6 Å². The van der Waals surface area contributed by atoms with Gasteiger partial charge in [-0.05, 0) is 31.5 Å². The molecular weight excluding hydrogens is 231 g/mol. The van der Waals surface area contributed by atoms with Crippen LogP contribution >= 0.6 is 0 Å². The normalized spacial score (nSPS) is 12.6. The van der Waals surface area contributed by atoms with Gasteiger partial charge in [0.25, 0.3) is 0 Å². The predicted octanol–water partition coefficient (Wildman–Crippen LogP) is 1.58. The smallest absolute Gasteiger partial charge is 0.126 e. The van der Waals surface area contributed by atoms with Gasteiger partial charge in [-0.25, -0.2) is 4.39 Å². The minimum absolute atomic E-state index is 0.120. The highest BCUT2D eigenvalue weighted by Crippen LogP contribution is 2.06. The van der Waals surface area contributed by atoms with Crippen molar-refractivity contribution in [1.29, 1.82) is 0 Å². The Morgan fingerprint density at radius 3 is 2.78 bits per heavy atom. The van der Waals surface area contributed by atoms with Gasteiger partial charge in [0.2, 0.25) is 0 Å². The van der Waals surface area contributed by atoms with Gasteiger partial charge in [-0.3, -0.25) is 0 Å². The topological polar surface area (TPSA) is 33.3 Å². The van der Waals surface area contributed by atoms with Crippen LogP contribution in [0.3, 0.4) is 0 Å². The van der Waals surface area contributed by atoms with Gasteiger partial charge in [-0.1, -0.05) is 18.2 Å². The van der Waals surface area contributed by atoms with Crippen molar-refractivity contribution >= 4 is 0 Å². The summed E-state index contributed by atoms with van der Waals surface area (Å²) in [6.07, 6.45) is 0.717. The van der Waals surface area contributed by atoms with Crippen LogP contribution in [0, 0.1) is 5.82 Å². The molecule has 2 N–H and O–H groups in total. The van der Waals surface area contributed by atoms with Gasteiger partial charge in [0, 0.05) is 26.2 Å². The molecule has 1 unspecified atom stereocenters. The molecule has 0 bridgehead atoms. The van der Waals surface area contributed by atoms with Crippen molar-refractivity contribution < 1.29 is 9.13 Å². The third kappa shape index (κ3) is 6.10. The molecule has 0 amide bonds. The highest BCUT2D eigenvalue weighted by Gasteiger charge is 2.03. The Kier molecular flexibility index (Phi) is 7.57. The molecule has 3 nitrogen and oxygen atoms in total. The molecule has 0 aromatic heterocycles. The largest absolute Gasteiger partial charge is 0.383 e. The molecule has 1 atom stereocenters. The zero-order valence-corrected chi connectivity index (χ0v) is 11.2. The molecular formula is C14H23FN2O. The quantitative estimate of drug-likeness (QED) is 0.657. The lowest BCUT2D eigenvalue weighted by Crippen LogP contribution is -2.38. The van der Waals surface area contributed by atoms with E-state index in [-0.39, 0.29) is 5.82 Å². The van der Waals surface area contributed by atoms with Gasteiger partial charge in [0.05, 0.1) is 6.61 Å². The van der Waals surface area contributed by atoms with Crippen LogP contribution in [0.1, 0.15) is 12.5 Å².